The Hall–Kier alpha value is -1.21. The van der Waals surface area contributed by atoms with Crippen LogP contribution in [0, 0.1) is 0 Å². The number of aliphatic carboxylic acids is 1. The largest absolute Gasteiger partial charge is 0.480 e. The minimum atomic E-state index is -0.749. The van der Waals surface area contributed by atoms with Crippen LogP contribution in [0.5, 0.6) is 0 Å². The van der Waals surface area contributed by atoms with Gasteiger partial charge < -0.3 is 10.4 Å². The Bertz CT molecular complexity index is 482. The van der Waals surface area contributed by atoms with E-state index in [2.05, 4.69) is 14.7 Å². The summed E-state index contributed by atoms with van der Waals surface area (Å²) in [7, 11) is 0. The Balaban J connectivity index is 1.45. The molecular weight excluding hydrogens is 276 g/mol. The van der Waals surface area contributed by atoms with Crippen molar-refractivity contribution in [3.05, 3.63) is 5.82 Å². The lowest BCUT2D eigenvalue weighted by Gasteiger charge is -2.42. The summed E-state index contributed by atoms with van der Waals surface area (Å²) in [4.78, 5) is 17.3. The monoisotopic (exact) mass is 296 g/mol. The number of hydrogen-bond donors (Lipinski definition) is 2. The number of carboxylic acid groups (broad SMARTS) is 1. The number of carboxylic acids is 1. The molecule has 3 rings (SSSR count). The molecule has 0 bridgehead atoms. The summed E-state index contributed by atoms with van der Waals surface area (Å²) in [6.45, 7) is 2.93. The third-order valence-electron chi connectivity index (χ3n) is 4.09. The van der Waals surface area contributed by atoms with Crippen molar-refractivity contribution in [1.82, 2.24) is 14.3 Å². The maximum absolute atomic E-state index is 10.8. The van der Waals surface area contributed by atoms with Gasteiger partial charge in [-0.2, -0.15) is 4.37 Å². The van der Waals surface area contributed by atoms with Gasteiger partial charge in [0.15, 0.2) is 0 Å². The van der Waals surface area contributed by atoms with Gasteiger partial charge in [0.05, 0.1) is 6.54 Å². The van der Waals surface area contributed by atoms with E-state index in [-0.39, 0.29) is 6.54 Å². The number of anilines is 1. The molecule has 0 saturated heterocycles. The van der Waals surface area contributed by atoms with E-state index in [9.17, 15) is 4.79 Å². The molecule has 7 heteroatoms. The third-order valence-corrected chi connectivity index (χ3v) is 4.75. The summed E-state index contributed by atoms with van der Waals surface area (Å²) in [5, 5.41) is 13.2. The molecule has 0 atom stereocenters. The van der Waals surface area contributed by atoms with Crippen molar-refractivity contribution < 1.29 is 9.90 Å². The highest BCUT2D eigenvalue weighted by Gasteiger charge is 2.34. The molecule has 2 saturated carbocycles. The molecule has 0 aliphatic heterocycles. The molecule has 1 heterocycles. The lowest BCUT2D eigenvalue weighted by atomic mass is 9.85. The zero-order valence-corrected chi connectivity index (χ0v) is 12.4. The second-order valence-corrected chi connectivity index (χ2v) is 6.41. The normalized spacial score (nSPS) is 25.5. The molecule has 6 nitrogen and oxygen atoms in total. The average molecular weight is 296 g/mol. The van der Waals surface area contributed by atoms with Crippen LogP contribution in [-0.4, -0.2) is 50.5 Å². The molecule has 1 aromatic heterocycles. The van der Waals surface area contributed by atoms with Gasteiger partial charge in [0.2, 0.25) is 5.13 Å². The maximum atomic E-state index is 10.8. The van der Waals surface area contributed by atoms with Crippen LogP contribution in [0.2, 0.25) is 0 Å². The predicted molar refractivity (Wildman–Crippen MR) is 77.2 cm³/mol. The van der Waals surface area contributed by atoms with Crippen LogP contribution in [0.25, 0.3) is 0 Å². The second kappa shape index (κ2) is 5.65. The molecule has 2 N–H and O–H groups in total. The van der Waals surface area contributed by atoms with Gasteiger partial charge in [-0.05, 0) is 32.2 Å². The number of nitrogens with one attached hydrogen (secondary N) is 1. The van der Waals surface area contributed by atoms with Gasteiger partial charge in [0.25, 0.3) is 0 Å². The first-order valence-electron chi connectivity index (χ1n) is 7.21. The van der Waals surface area contributed by atoms with E-state index < -0.39 is 5.97 Å². The molecular formula is C13H20N4O2S. The zero-order chi connectivity index (χ0) is 14.1. The molecule has 0 amide bonds. The third kappa shape index (κ3) is 3.09. The summed E-state index contributed by atoms with van der Waals surface area (Å²) in [5.41, 5.74) is 0. The van der Waals surface area contributed by atoms with Crippen molar-refractivity contribution in [2.45, 2.75) is 50.6 Å². The van der Waals surface area contributed by atoms with Crippen LogP contribution < -0.4 is 5.32 Å². The van der Waals surface area contributed by atoms with Gasteiger partial charge >= 0.3 is 5.97 Å². The minimum Gasteiger partial charge on any atom is -0.480 e. The Morgan fingerprint density at radius 2 is 2.25 bits per heavy atom. The van der Waals surface area contributed by atoms with Gasteiger partial charge in [0.1, 0.15) is 5.82 Å². The van der Waals surface area contributed by atoms with Gasteiger partial charge in [-0.1, -0.05) is 6.92 Å². The summed E-state index contributed by atoms with van der Waals surface area (Å²) in [6.07, 6.45) is 4.42. The van der Waals surface area contributed by atoms with Gasteiger partial charge in [-0.3, -0.25) is 9.69 Å². The average Bonchev–Trinajstić information content (AvgIpc) is 3.11. The molecule has 20 heavy (non-hydrogen) atoms. The Morgan fingerprint density at radius 3 is 2.85 bits per heavy atom. The molecule has 0 spiro atoms. The Morgan fingerprint density at radius 1 is 1.50 bits per heavy atom. The van der Waals surface area contributed by atoms with E-state index in [4.69, 9.17) is 5.11 Å². The number of aromatic nitrogens is 2. The molecule has 2 aliphatic carbocycles. The first-order valence-corrected chi connectivity index (χ1v) is 7.99. The fourth-order valence-electron chi connectivity index (χ4n) is 2.65. The van der Waals surface area contributed by atoms with Crippen LogP contribution in [0.3, 0.4) is 0 Å². The molecule has 0 unspecified atom stereocenters. The summed E-state index contributed by atoms with van der Waals surface area (Å²) in [5.74, 6) is 0.845. The number of rotatable bonds is 7. The van der Waals surface area contributed by atoms with Crippen LogP contribution in [0.4, 0.5) is 5.13 Å². The SMILES string of the molecule is CCN(CC(=O)O)C1CC(Nc2nc(C3CC3)ns2)C1. The van der Waals surface area contributed by atoms with E-state index in [0.717, 1.165) is 30.3 Å². The molecule has 0 aromatic carbocycles. The smallest absolute Gasteiger partial charge is 0.317 e. The van der Waals surface area contributed by atoms with E-state index in [1.807, 2.05) is 11.8 Å². The van der Waals surface area contributed by atoms with Crippen LogP contribution in [-0.2, 0) is 4.79 Å². The van der Waals surface area contributed by atoms with Crippen molar-refractivity contribution in [1.29, 1.82) is 0 Å². The van der Waals surface area contributed by atoms with Crippen molar-refractivity contribution in [3.63, 3.8) is 0 Å². The van der Waals surface area contributed by atoms with Crippen molar-refractivity contribution >= 4 is 22.6 Å². The fraction of sp³-hybridized carbons (Fsp3) is 0.769. The second-order valence-electron chi connectivity index (χ2n) is 5.66. The van der Waals surface area contributed by atoms with E-state index in [0.29, 0.717) is 18.0 Å². The molecule has 1 aromatic rings. The minimum absolute atomic E-state index is 0.137. The maximum Gasteiger partial charge on any atom is 0.317 e. The predicted octanol–water partition coefficient (Wildman–Crippen LogP) is 1.76. The molecule has 110 valence electrons. The van der Waals surface area contributed by atoms with E-state index in [1.165, 1.54) is 24.4 Å². The van der Waals surface area contributed by atoms with Gasteiger partial charge in [-0.15, -0.1) is 0 Å². The zero-order valence-electron chi connectivity index (χ0n) is 11.6. The Kier molecular flexibility index (Phi) is 3.89. The Labute approximate surface area is 122 Å². The number of likely N-dealkylation sites (N-methyl/N-ethyl adjacent to an activating group) is 1. The fourth-order valence-corrected chi connectivity index (χ4v) is 3.38. The van der Waals surface area contributed by atoms with E-state index >= 15 is 0 Å². The molecule has 0 radical (unpaired) electrons. The summed E-state index contributed by atoms with van der Waals surface area (Å²) < 4.78 is 4.38. The lowest BCUT2D eigenvalue weighted by molar-refractivity contribution is -0.139. The highest BCUT2D eigenvalue weighted by atomic mass is 32.1. The summed E-state index contributed by atoms with van der Waals surface area (Å²) >= 11 is 1.44. The van der Waals surface area contributed by atoms with Crippen LogP contribution >= 0.6 is 11.5 Å². The van der Waals surface area contributed by atoms with Crippen molar-refractivity contribution in [2.75, 3.05) is 18.4 Å². The molecule has 2 fully saturated rings. The number of carbonyl (C=O) groups is 1. The lowest BCUT2D eigenvalue weighted by Crippen LogP contribution is -2.51. The van der Waals surface area contributed by atoms with Gasteiger partial charge in [0, 0.05) is 29.5 Å². The topological polar surface area (TPSA) is 78.4 Å². The first kappa shape index (κ1) is 13.8. The number of hydrogen-bond acceptors (Lipinski definition) is 6. The number of nitrogens with zero attached hydrogens (tertiary/aromatic N) is 3. The summed E-state index contributed by atoms with van der Waals surface area (Å²) in [6, 6.07) is 0.785. The first-order chi connectivity index (χ1) is 9.65. The standard InChI is InChI=1S/C13H20N4O2S/c1-2-17(7-11(18)19)10-5-9(6-10)14-13-15-12(16-20-13)8-3-4-8/h8-10H,2-7H2,1H3,(H,18,19)(H,14,15,16). The van der Waals surface area contributed by atoms with Crippen molar-refractivity contribution in [3.8, 4) is 0 Å². The van der Waals surface area contributed by atoms with Crippen LogP contribution in [0.1, 0.15) is 44.3 Å². The van der Waals surface area contributed by atoms with Crippen molar-refractivity contribution in [2.24, 2.45) is 0 Å². The van der Waals surface area contributed by atoms with Gasteiger partial charge in [-0.25, -0.2) is 4.98 Å². The highest BCUT2D eigenvalue weighted by molar-refractivity contribution is 7.09. The molecule has 2 aliphatic rings. The quantitative estimate of drug-likeness (QED) is 0.798. The van der Waals surface area contributed by atoms with Crippen LogP contribution in [0.15, 0.2) is 0 Å². The highest BCUT2D eigenvalue weighted by Crippen LogP contribution is 2.39. The van der Waals surface area contributed by atoms with E-state index in [1.54, 1.807) is 0 Å².